The molecule has 0 radical (unpaired) electrons. The first-order valence-electron chi connectivity index (χ1n) is 9.88. The molecule has 30 heavy (non-hydrogen) atoms. The van der Waals surface area contributed by atoms with Crippen molar-refractivity contribution < 1.29 is 4.79 Å². The van der Waals surface area contributed by atoms with Crippen LogP contribution >= 0.6 is 23.1 Å². The first-order valence-corrected chi connectivity index (χ1v) is 11.7. The minimum Gasteiger partial charge on any atom is -0.360 e. The number of carbonyl (C=O) groups is 1. The topological polar surface area (TPSA) is 48.5 Å². The maximum Gasteiger partial charge on any atom is 0.253 e. The number of para-hydroxylation sites is 1. The molecule has 0 spiro atoms. The molecule has 6 heteroatoms. The molecule has 1 atom stereocenters. The SMILES string of the molecule is Cc1ccc([C@H]2CC(c3cccs3)=NN2C(=O)CSc2c[nH]c3ccccc23)cc1. The Bertz CT molecular complexity index is 1210. The lowest BCUT2D eigenvalue weighted by molar-refractivity contribution is -0.130. The Kier molecular flexibility index (Phi) is 5.19. The molecule has 0 unspecified atom stereocenters. The van der Waals surface area contributed by atoms with Crippen molar-refractivity contribution in [2.24, 2.45) is 5.10 Å². The zero-order valence-electron chi connectivity index (χ0n) is 16.5. The first kappa shape index (κ1) is 19.2. The molecule has 150 valence electrons. The number of aryl methyl sites for hydroxylation is 1. The smallest absolute Gasteiger partial charge is 0.253 e. The van der Waals surface area contributed by atoms with E-state index in [9.17, 15) is 4.79 Å². The average Bonchev–Trinajstić information content (AvgIpc) is 3.51. The summed E-state index contributed by atoms with van der Waals surface area (Å²) in [6.07, 6.45) is 2.72. The summed E-state index contributed by atoms with van der Waals surface area (Å²) < 4.78 is 0. The number of hydrogen-bond acceptors (Lipinski definition) is 4. The molecule has 0 fully saturated rings. The summed E-state index contributed by atoms with van der Waals surface area (Å²) in [6, 6.07) is 20.6. The molecule has 4 nitrogen and oxygen atoms in total. The number of benzene rings is 2. The van der Waals surface area contributed by atoms with Crippen LogP contribution in [0.3, 0.4) is 0 Å². The van der Waals surface area contributed by atoms with Crippen molar-refractivity contribution in [2.45, 2.75) is 24.3 Å². The summed E-state index contributed by atoms with van der Waals surface area (Å²) in [6.45, 7) is 2.08. The van der Waals surface area contributed by atoms with Gasteiger partial charge in [-0.2, -0.15) is 5.10 Å². The molecule has 5 rings (SSSR count). The molecular formula is C24H21N3OS2. The summed E-state index contributed by atoms with van der Waals surface area (Å²) in [5.41, 5.74) is 4.41. The van der Waals surface area contributed by atoms with Gasteiger partial charge in [-0.15, -0.1) is 23.1 Å². The van der Waals surface area contributed by atoms with Crippen LogP contribution in [0.2, 0.25) is 0 Å². The third kappa shape index (κ3) is 3.68. The number of H-pyrrole nitrogens is 1. The number of nitrogens with one attached hydrogen (secondary N) is 1. The number of rotatable bonds is 5. The van der Waals surface area contributed by atoms with E-state index in [0.29, 0.717) is 5.75 Å². The van der Waals surface area contributed by atoms with Crippen LogP contribution in [-0.2, 0) is 4.79 Å². The van der Waals surface area contributed by atoms with E-state index in [1.165, 1.54) is 5.56 Å². The van der Waals surface area contributed by atoms with E-state index in [4.69, 9.17) is 5.10 Å². The summed E-state index contributed by atoms with van der Waals surface area (Å²) in [7, 11) is 0. The highest BCUT2D eigenvalue weighted by Crippen LogP contribution is 2.35. The van der Waals surface area contributed by atoms with Gasteiger partial charge in [0.15, 0.2) is 0 Å². The largest absolute Gasteiger partial charge is 0.360 e. The molecule has 0 saturated carbocycles. The monoisotopic (exact) mass is 431 g/mol. The molecule has 2 aromatic carbocycles. The first-order chi connectivity index (χ1) is 14.7. The van der Waals surface area contributed by atoms with Gasteiger partial charge in [0, 0.05) is 28.4 Å². The van der Waals surface area contributed by atoms with Crippen LogP contribution in [0.4, 0.5) is 0 Å². The van der Waals surface area contributed by atoms with Gasteiger partial charge in [0.25, 0.3) is 5.91 Å². The molecule has 0 aliphatic carbocycles. The number of amides is 1. The van der Waals surface area contributed by atoms with Crippen molar-refractivity contribution in [1.82, 2.24) is 9.99 Å². The molecule has 1 N–H and O–H groups in total. The minimum atomic E-state index is -0.0567. The number of thioether (sulfide) groups is 1. The predicted octanol–water partition coefficient (Wildman–Crippen LogP) is 6.01. The van der Waals surface area contributed by atoms with Crippen LogP contribution < -0.4 is 0 Å². The summed E-state index contributed by atoms with van der Waals surface area (Å²) in [5, 5.41) is 9.66. The number of nitrogens with zero attached hydrogens (tertiary/aromatic N) is 2. The Labute approximate surface area is 183 Å². The van der Waals surface area contributed by atoms with Gasteiger partial charge in [0.2, 0.25) is 0 Å². The fraction of sp³-hybridized carbons (Fsp3) is 0.167. The maximum atomic E-state index is 13.2. The normalized spacial score (nSPS) is 16.2. The third-order valence-electron chi connectivity index (χ3n) is 5.34. The molecule has 3 heterocycles. The number of hydrogen-bond donors (Lipinski definition) is 1. The maximum absolute atomic E-state index is 13.2. The van der Waals surface area contributed by atoms with Gasteiger partial charge in [-0.25, -0.2) is 5.01 Å². The third-order valence-corrected chi connectivity index (χ3v) is 7.29. The highest BCUT2D eigenvalue weighted by atomic mass is 32.2. The predicted molar refractivity (Wildman–Crippen MR) is 125 cm³/mol. The number of carbonyl (C=O) groups excluding carboxylic acids is 1. The summed E-state index contributed by atoms with van der Waals surface area (Å²) >= 11 is 3.23. The molecular weight excluding hydrogens is 410 g/mol. The van der Waals surface area contributed by atoms with Gasteiger partial charge < -0.3 is 4.98 Å². The number of aromatic amines is 1. The second-order valence-corrected chi connectivity index (χ2v) is 9.34. The molecule has 0 bridgehead atoms. The van der Waals surface area contributed by atoms with Crippen molar-refractivity contribution >= 4 is 45.6 Å². The quantitative estimate of drug-likeness (QED) is 0.394. The minimum absolute atomic E-state index is 0.0300. The fourth-order valence-electron chi connectivity index (χ4n) is 3.75. The average molecular weight is 432 g/mol. The summed E-state index contributed by atoms with van der Waals surface area (Å²) in [5.74, 6) is 0.383. The standard InChI is InChI=1S/C24H21N3OS2/c1-16-8-10-17(11-9-16)21-13-20(22-7-4-12-29-22)26-27(21)24(28)15-30-23-14-25-19-6-3-2-5-18(19)23/h2-12,14,21,25H,13,15H2,1H3/t21-/m1/s1. The van der Waals surface area contributed by atoms with Crippen molar-refractivity contribution in [3.05, 3.63) is 88.2 Å². The Balaban J connectivity index is 1.39. The van der Waals surface area contributed by atoms with E-state index in [0.717, 1.165) is 38.4 Å². The Morgan fingerprint density at radius 3 is 2.80 bits per heavy atom. The number of hydrazone groups is 1. The second kappa shape index (κ2) is 8.13. The van der Waals surface area contributed by atoms with Gasteiger partial charge in [-0.05, 0) is 30.0 Å². The molecule has 1 amide bonds. The highest BCUT2D eigenvalue weighted by molar-refractivity contribution is 8.00. The van der Waals surface area contributed by atoms with Crippen LogP contribution in [0.5, 0.6) is 0 Å². The van der Waals surface area contributed by atoms with E-state index >= 15 is 0 Å². The van der Waals surface area contributed by atoms with Crippen LogP contribution in [-0.4, -0.2) is 27.4 Å². The number of aromatic nitrogens is 1. The lowest BCUT2D eigenvalue weighted by atomic mass is 10.00. The van der Waals surface area contributed by atoms with E-state index in [2.05, 4.69) is 53.7 Å². The Hall–Kier alpha value is -2.83. The Morgan fingerprint density at radius 1 is 1.17 bits per heavy atom. The van der Waals surface area contributed by atoms with E-state index in [1.807, 2.05) is 30.5 Å². The van der Waals surface area contributed by atoms with Gasteiger partial charge in [-0.1, -0.05) is 54.1 Å². The number of thiophene rings is 1. The van der Waals surface area contributed by atoms with Gasteiger partial charge in [-0.3, -0.25) is 4.79 Å². The van der Waals surface area contributed by atoms with Crippen molar-refractivity contribution in [2.75, 3.05) is 5.75 Å². The van der Waals surface area contributed by atoms with Crippen molar-refractivity contribution in [1.29, 1.82) is 0 Å². The molecule has 1 aliphatic heterocycles. The Morgan fingerprint density at radius 2 is 2.00 bits per heavy atom. The van der Waals surface area contributed by atoms with Gasteiger partial charge >= 0.3 is 0 Å². The van der Waals surface area contributed by atoms with Gasteiger partial charge in [0.05, 0.1) is 22.4 Å². The summed E-state index contributed by atoms with van der Waals surface area (Å²) in [4.78, 5) is 18.7. The highest BCUT2D eigenvalue weighted by Gasteiger charge is 2.33. The van der Waals surface area contributed by atoms with Crippen molar-refractivity contribution in [3.8, 4) is 0 Å². The van der Waals surface area contributed by atoms with Crippen LogP contribution in [0.25, 0.3) is 10.9 Å². The number of fused-ring (bicyclic) bond motifs is 1. The molecule has 1 aliphatic rings. The van der Waals surface area contributed by atoms with Crippen LogP contribution in [0.1, 0.15) is 28.5 Å². The van der Waals surface area contributed by atoms with Gasteiger partial charge in [0.1, 0.15) is 0 Å². The van der Waals surface area contributed by atoms with Crippen LogP contribution in [0.15, 0.2) is 82.2 Å². The van der Waals surface area contributed by atoms with Crippen molar-refractivity contribution in [3.63, 3.8) is 0 Å². The fourth-order valence-corrected chi connectivity index (χ4v) is 5.36. The lowest BCUT2D eigenvalue weighted by Crippen LogP contribution is -2.28. The molecule has 0 saturated heterocycles. The second-order valence-electron chi connectivity index (χ2n) is 7.38. The zero-order valence-corrected chi connectivity index (χ0v) is 18.2. The molecule has 4 aromatic rings. The molecule has 2 aromatic heterocycles. The van der Waals surface area contributed by atoms with Crippen LogP contribution in [0, 0.1) is 6.92 Å². The van der Waals surface area contributed by atoms with E-state index < -0.39 is 0 Å². The lowest BCUT2D eigenvalue weighted by Gasteiger charge is -2.22. The van der Waals surface area contributed by atoms with E-state index in [1.54, 1.807) is 28.1 Å². The zero-order chi connectivity index (χ0) is 20.5. The van der Waals surface area contributed by atoms with E-state index in [-0.39, 0.29) is 11.9 Å².